The second-order valence-electron chi connectivity index (χ2n) is 6.17. The zero-order valence-electron chi connectivity index (χ0n) is 14.4. The van der Waals surface area contributed by atoms with Crippen LogP contribution < -0.4 is 10.1 Å². The van der Waals surface area contributed by atoms with Crippen molar-refractivity contribution in [3.8, 4) is 5.75 Å². The third kappa shape index (κ3) is 6.04. The normalized spacial score (nSPS) is 19.8. The van der Waals surface area contributed by atoms with Gasteiger partial charge in [-0.1, -0.05) is 12.1 Å². The fraction of sp³-hybridized carbons (Fsp3) is 0.529. The molecule has 0 radical (unpaired) electrons. The molecule has 1 heterocycles. The van der Waals surface area contributed by atoms with Crippen LogP contribution in [-0.2, 0) is 30.7 Å². The average Bonchev–Trinajstić information content (AvgIpc) is 2.91. The Bertz CT molecular complexity index is 713. The Kier molecular flexibility index (Phi) is 6.41. The Labute approximate surface area is 147 Å². The van der Waals surface area contributed by atoms with Gasteiger partial charge in [0, 0.05) is 13.0 Å². The van der Waals surface area contributed by atoms with Gasteiger partial charge in [-0.25, -0.2) is 8.42 Å². The summed E-state index contributed by atoms with van der Waals surface area (Å²) < 4.78 is 32.9. The molecule has 0 aliphatic carbocycles. The lowest BCUT2D eigenvalue weighted by Gasteiger charge is -2.15. The first kappa shape index (κ1) is 19.2. The molecule has 25 heavy (non-hydrogen) atoms. The SMILES string of the molecule is COc1ccc(CNC(=O)[C@H](C)OC(=O)C[C@@H]2CCS(=O)(=O)C2)cc1. The van der Waals surface area contributed by atoms with E-state index < -0.39 is 27.8 Å². The fourth-order valence-electron chi connectivity index (χ4n) is 2.64. The molecule has 1 amide bonds. The third-order valence-electron chi connectivity index (χ3n) is 4.09. The van der Waals surface area contributed by atoms with E-state index in [1.807, 2.05) is 12.1 Å². The van der Waals surface area contributed by atoms with Crippen LogP contribution in [0.25, 0.3) is 0 Å². The van der Waals surface area contributed by atoms with Gasteiger partial charge in [-0.15, -0.1) is 0 Å². The topological polar surface area (TPSA) is 98.8 Å². The molecular formula is C17H23NO6S. The first-order valence-corrected chi connectivity index (χ1v) is 9.92. The van der Waals surface area contributed by atoms with Gasteiger partial charge in [-0.05, 0) is 37.0 Å². The molecule has 0 aromatic heterocycles. The zero-order valence-corrected chi connectivity index (χ0v) is 15.2. The van der Waals surface area contributed by atoms with E-state index in [4.69, 9.17) is 9.47 Å². The van der Waals surface area contributed by atoms with Crippen LogP contribution in [0.3, 0.4) is 0 Å². The molecule has 0 spiro atoms. The molecule has 1 saturated heterocycles. The van der Waals surface area contributed by atoms with Gasteiger partial charge in [0.1, 0.15) is 5.75 Å². The standard InChI is InChI=1S/C17H23NO6S/c1-12(24-16(19)9-14-7-8-25(21,22)11-14)17(20)18-10-13-3-5-15(23-2)6-4-13/h3-6,12,14H,7-11H2,1-2H3,(H,18,20)/t12-,14-/m0/s1. The van der Waals surface area contributed by atoms with Crippen molar-refractivity contribution in [2.45, 2.75) is 32.4 Å². The first-order chi connectivity index (χ1) is 11.8. The molecule has 2 rings (SSSR count). The summed E-state index contributed by atoms with van der Waals surface area (Å²) in [6.45, 7) is 1.80. The van der Waals surface area contributed by atoms with Crippen LogP contribution in [0, 0.1) is 5.92 Å². The van der Waals surface area contributed by atoms with Crippen molar-refractivity contribution in [3.63, 3.8) is 0 Å². The minimum atomic E-state index is -3.03. The number of carbonyl (C=O) groups excluding carboxylic acids is 2. The van der Waals surface area contributed by atoms with Gasteiger partial charge < -0.3 is 14.8 Å². The lowest BCUT2D eigenvalue weighted by Crippen LogP contribution is -2.35. The third-order valence-corrected chi connectivity index (χ3v) is 5.92. The average molecular weight is 369 g/mol. The number of ether oxygens (including phenoxy) is 2. The highest BCUT2D eigenvalue weighted by molar-refractivity contribution is 7.91. The molecule has 1 aliphatic heterocycles. The summed E-state index contributed by atoms with van der Waals surface area (Å²) in [6, 6.07) is 7.24. The number of amides is 1. The van der Waals surface area contributed by atoms with Crippen LogP contribution in [0.4, 0.5) is 0 Å². The monoisotopic (exact) mass is 369 g/mol. The predicted molar refractivity (Wildman–Crippen MR) is 91.8 cm³/mol. The van der Waals surface area contributed by atoms with Gasteiger partial charge in [0.25, 0.3) is 5.91 Å². The molecule has 1 N–H and O–H groups in total. The predicted octanol–water partition coefficient (Wildman–Crippen LogP) is 1.07. The van der Waals surface area contributed by atoms with Crippen LogP contribution in [0.1, 0.15) is 25.3 Å². The maximum Gasteiger partial charge on any atom is 0.306 e. The van der Waals surface area contributed by atoms with Gasteiger partial charge in [-0.2, -0.15) is 0 Å². The van der Waals surface area contributed by atoms with Crippen LogP contribution in [0.5, 0.6) is 5.75 Å². The number of rotatable bonds is 7. The summed E-state index contributed by atoms with van der Waals surface area (Å²) in [5.41, 5.74) is 0.892. The molecule has 8 heteroatoms. The number of nitrogens with one attached hydrogen (secondary N) is 1. The van der Waals surface area contributed by atoms with Crippen molar-refractivity contribution in [3.05, 3.63) is 29.8 Å². The van der Waals surface area contributed by atoms with Crippen LogP contribution in [0.15, 0.2) is 24.3 Å². The summed E-state index contributed by atoms with van der Waals surface area (Å²) in [5, 5.41) is 2.70. The summed E-state index contributed by atoms with van der Waals surface area (Å²) in [7, 11) is -1.45. The number of hydrogen-bond donors (Lipinski definition) is 1. The first-order valence-electron chi connectivity index (χ1n) is 8.09. The highest BCUT2D eigenvalue weighted by Crippen LogP contribution is 2.22. The van der Waals surface area contributed by atoms with Crippen molar-refractivity contribution in [2.24, 2.45) is 5.92 Å². The Morgan fingerprint density at radius 3 is 2.52 bits per heavy atom. The summed E-state index contributed by atoms with van der Waals surface area (Å²) in [5.74, 6) is -0.307. The number of carbonyl (C=O) groups is 2. The number of hydrogen-bond acceptors (Lipinski definition) is 6. The Morgan fingerprint density at radius 1 is 1.28 bits per heavy atom. The zero-order chi connectivity index (χ0) is 18.4. The van der Waals surface area contributed by atoms with E-state index in [-0.39, 0.29) is 23.8 Å². The van der Waals surface area contributed by atoms with Crippen molar-refractivity contribution in [1.82, 2.24) is 5.32 Å². The van der Waals surface area contributed by atoms with E-state index in [1.165, 1.54) is 6.92 Å². The summed E-state index contributed by atoms with van der Waals surface area (Å²) in [4.78, 5) is 23.9. The molecule has 7 nitrogen and oxygen atoms in total. The molecule has 138 valence electrons. The van der Waals surface area contributed by atoms with E-state index >= 15 is 0 Å². The lowest BCUT2D eigenvalue weighted by molar-refractivity contribution is -0.155. The van der Waals surface area contributed by atoms with Crippen LogP contribution in [0.2, 0.25) is 0 Å². The minimum absolute atomic E-state index is 0.0140. The van der Waals surface area contributed by atoms with E-state index in [9.17, 15) is 18.0 Å². The highest BCUT2D eigenvalue weighted by atomic mass is 32.2. The largest absolute Gasteiger partial charge is 0.497 e. The van der Waals surface area contributed by atoms with Crippen molar-refractivity contribution in [2.75, 3.05) is 18.6 Å². The molecule has 1 fully saturated rings. The quantitative estimate of drug-likeness (QED) is 0.722. The lowest BCUT2D eigenvalue weighted by atomic mass is 10.1. The fourth-order valence-corrected chi connectivity index (χ4v) is 4.51. The van der Waals surface area contributed by atoms with Crippen molar-refractivity contribution < 1.29 is 27.5 Å². The van der Waals surface area contributed by atoms with E-state index in [0.717, 1.165) is 11.3 Å². The second kappa shape index (κ2) is 8.33. The van der Waals surface area contributed by atoms with Crippen molar-refractivity contribution >= 4 is 21.7 Å². The van der Waals surface area contributed by atoms with Gasteiger partial charge in [0.05, 0.1) is 18.6 Å². The van der Waals surface area contributed by atoms with E-state index in [0.29, 0.717) is 13.0 Å². The molecule has 2 atom stereocenters. The highest BCUT2D eigenvalue weighted by Gasteiger charge is 2.30. The Hall–Kier alpha value is -2.09. The molecule has 1 aliphatic rings. The molecule has 1 aromatic carbocycles. The Morgan fingerprint density at radius 2 is 1.96 bits per heavy atom. The molecule has 0 unspecified atom stereocenters. The molecular weight excluding hydrogens is 346 g/mol. The van der Waals surface area contributed by atoms with Gasteiger partial charge >= 0.3 is 5.97 Å². The number of benzene rings is 1. The van der Waals surface area contributed by atoms with Gasteiger partial charge in [0.2, 0.25) is 0 Å². The maximum absolute atomic E-state index is 12.0. The minimum Gasteiger partial charge on any atom is -0.497 e. The number of esters is 1. The van der Waals surface area contributed by atoms with Crippen LogP contribution >= 0.6 is 0 Å². The maximum atomic E-state index is 12.0. The Balaban J connectivity index is 1.74. The number of methoxy groups -OCH3 is 1. The van der Waals surface area contributed by atoms with Gasteiger partial charge in [0.15, 0.2) is 15.9 Å². The second-order valence-corrected chi connectivity index (χ2v) is 8.40. The van der Waals surface area contributed by atoms with Gasteiger partial charge in [-0.3, -0.25) is 9.59 Å². The summed E-state index contributed by atoms with van der Waals surface area (Å²) in [6.07, 6.45) is -0.436. The molecule has 1 aromatic rings. The summed E-state index contributed by atoms with van der Waals surface area (Å²) >= 11 is 0. The molecule has 0 saturated carbocycles. The molecule has 0 bridgehead atoms. The van der Waals surface area contributed by atoms with E-state index in [2.05, 4.69) is 5.32 Å². The van der Waals surface area contributed by atoms with Crippen molar-refractivity contribution in [1.29, 1.82) is 0 Å². The smallest absolute Gasteiger partial charge is 0.306 e. The van der Waals surface area contributed by atoms with E-state index in [1.54, 1.807) is 19.2 Å². The van der Waals surface area contributed by atoms with Crippen LogP contribution in [-0.4, -0.2) is 45.0 Å². The number of sulfone groups is 1.